The van der Waals surface area contributed by atoms with E-state index in [0.717, 1.165) is 55.2 Å². The predicted molar refractivity (Wildman–Crippen MR) is 82.2 cm³/mol. The Morgan fingerprint density at radius 1 is 1.45 bits per heavy atom. The van der Waals surface area contributed by atoms with Crippen LogP contribution >= 0.6 is 11.6 Å². The summed E-state index contributed by atoms with van der Waals surface area (Å²) in [5.74, 6) is 0. The lowest BCUT2D eigenvalue weighted by Crippen LogP contribution is -2.51. The molecule has 2 unspecified atom stereocenters. The SMILES string of the molecule is CCc1nn(CC)c(CC(N)C2(C)CCCCO2)c1Cl. The monoisotopic (exact) mass is 299 g/mol. The zero-order valence-electron chi connectivity index (χ0n) is 12.8. The summed E-state index contributed by atoms with van der Waals surface area (Å²) in [5.41, 5.74) is 8.21. The molecule has 4 nitrogen and oxygen atoms in total. The van der Waals surface area contributed by atoms with Gasteiger partial charge in [-0.1, -0.05) is 18.5 Å². The Kier molecular flexibility index (Phi) is 5.10. The highest BCUT2D eigenvalue weighted by atomic mass is 35.5. The largest absolute Gasteiger partial charge is 0.374 e. The molecule has 1 aromatic rings. The summed E-state index contributed by atoms with van der Waals surface area (Å²) in [7, 11) is 0. The van der Waals surface area contributed by atoms with Gasteiger partial charge in [-0.05, 0) is 39.5 Å². The molecule has 0 bridgehead atoms. The average molecular weight is 300 g/mol. The van der Waals surface area contributed by atoms with Gasteiger partial charge in [0.2, 0.25) is 0 Å². The predicted octanol–water partition coefficient (Wildman–Crippen LogP) is 2.95. The van der Waals surface area contributed by atoms with E-state index in [1.54, 1.807) is 0 Å². The zero-order valence-corrected chi connectivity index (χ0v) is 13.5. The van der Waals surface area contributed by atoms with Crippen molar-refractivity contribution in [2.75, 3.05) is 6.61 Å². The minimum Gasteiger partial charge on any atom is -0.374 e. The summed E-state index contributed by atoms with van der Waals surface area (Å²) in [6.45, 7) is 7.91. The third kappa shape index (κ3) is 3.02. The van der Waals surface area contributed by atoms with E-state index in [2.05, 4.69) is 25.9 Å². The van der Waals surface area contributed by atoms with Gasteiger partial charge in [0.05, 0.1) is 22.0 Å². The molecule has 2 atom stereocenters. The fourth-order valence-corrected chi connectivity index (χ4v) is 3.23. The Bertz CT molecular complexity index is 452. The van der Waals surface area contributed by atoms with Crippen LogP contribution in [0.25, 0.3) is 0 Å². The van der Waals surface area contributed by atoms with E-state index in [4.69, 9.17) is 22.1 Å². The highest BCUT2D eigenvalue weighted by molar-refractivity contribution is 6.31. The van der Waals surface area contributed by atoms with Gasteiger partial charge in [-0.3, -0.25) is 4.68 Å². The van der Waals surface area contributed by atoms with Crippen LogP contribution in [-0.2, 0) is 24.1 Å². The maximum absolute atomic E-state index is 6.46. The Hall–Kier alpha value is -0.580. The van der Waals surface area contributed by atoms with E-state index in [1.165, 1.54) is 6.42 Å². The van der Waals surface area contributed by atoms with Gasteiger partial charge in [-0.25, -0.2) is 0 Å². The van der Waals surface area contributed by atoms with E-state index in [-0.39, 0.29) is 11.6 Å². The van der Waals surface area contributed by atoms with Crippen molar-refractivity contribution >= 4 is 11.6 Å². The van der Waals surface area contributed by atoms with E-state index in [9.17, 15) is 0 Å². The molecule has 0 aromatic carbocycles. The van der Waals surface area contributed by atoms with Gasteiger partial charge in [0.15, 0.2) is 0 Å². The highest BCUT2D eigenvalue weighted by Gasteiger charge is 2.35. The molecule has 1 saturated heterocycles. The lowest BCUT2D eigenvalue weighted by molar-refractivity contribution is -0.0811. The van der Waals surface area contributed by atoms with E-state index < -0.39 is 0 Å². The topological polar surface area (TPSA) is 53.1 Å². The van der Waals surface area contributed by atoms with Crippen LogP contribution in [0.2, 0.25) is 5.02 Å². The Morgan fingerprint density at radius 2 is 2.20 bits per heavy atom. The summed E-state index contributed by atoms with van der Waals surface area (Å²) in [4.78, 5) is 0. The van der Waals surface area contributed by atoms with Crippen molar-refractivity contribution in [3.05, 3.63) is 16.4 Å². The Balaban J connectivity index is 2.18. The van der Waals surface area contributed by atoms with Gasteiger partial charge in [-0.15, -0.1) is 0 Å². The number of hydrogen-bond acceptors (Lipinski definition) is 3. The van der Waals surface area contributed by atoms with Crippen LogP contribution < -0.4 is 5.73 Å². The Labute approximate surface area is 126 Å². The molecular formula is C15H26ClN3O. The number of aromatic nitrogens is 2. The van der Waals surface area contributed by atoms with Crippen LogP contribution in [0, 0.1) is 0 Å². The second-order valence-electron chi connectivity index (χ2n) is 5.81. The molecule has 0 radical (unpaired) electrons. The normalized spacial score (nSPS) is 24.9. The molecule has 2 rings (SSSR count). The highest BCUT2D eigenvalue weighted by Crippen LogP contribution is 2.30. The van der Waals surface area contributed by atoms with Crippen LogP contribution in [0.4, 0.5) is 0 Å². The lowest BCUT2D eigenvalue weighted by atomic mass is 9.86. The number of nitrogens with zero attached hydrogens (tertiary/aromatic N) is 2. The van der Waals surface area contributed by atoms with Gasteiger partial charge in [-0.2, -0.15) is 5.10 Å². The summed E-state index contributed by atoms with van der Waals surface area (Å²) < 4.78 is 7.93. The molecule has 0 amide bonds. The standard InChI is InChI=1S/C15H26ClN3O/c1-4-11-14(16)12(19(5-2)18-11)10-13(17)15(3)8-6-7-9-20-15/h13H,4-10,17H2,1-3H3. The van der Waals surface area contributed by atoms with Crippen molar-refractivity contribution in [2.45, 2.75) is 71.1 Å². The van der Waals surface area contributed by atoms with Crippen LogP contribution in [0.15, 0.2) is 0 Å². The number of halogens is 1. The molecule has 2 N–H and O–H groups in total. The van der Waals surface area contributed by atoms with Crippen molar-refractivity contribution in [1.82, 2.24) is 9.78 Å². The number of hydrogen-bond donors (Lipinski definition) is 1. The number of nitrogens with two attached hydrogens (primary N) is 1. The molecule has 114 valence electrons. The molecule has 1 fully saturated rings. The van der Waals surface area contributed by atoms with Gasteiger partial charge in [0, 0.05) is 25.6 Å². The average Bonchev–Trinajstić information content (AvgIpc) is 2.76. The maximum Gasteiger partial charge on any atom is 0.0850 e. The summed E-state index contributed by atoms with van der Waals surface area (Å²) in [6, 6.07) is -0.0491. The first kappa shape index (κ1) is 15.8. The summed E-state index contributed by atoms with van der Waals surface area (Å²) in [6.07, 6.45) is 4.91. The first-order valence-electron chi connectivity index (χ1n) is 7.65. The molecule has 2 heterocycles. The van der Waals surface area contributed by atoms with Crippen molar-refractivity contribution in [3.8, 4) is 0 Å². The van der Waals surface area contributed by atoms with Crippen LogP contribution in [-0.4, -0.2) is 28.0 Å². The molecule has 0 aliphatic carbocycles. The molecule has 1 aliphatic heterocycles. The minimum absolute atomic E-state index is 0.0491. The van der Waals surface area contributed by atoms with Crippen LogP contribution in [0.5, 0.6) is 0 Å². The molecule has 0 spiro atoms. The molecule has 1 aromatic heterocycles. The molecule has 5 heteroatoms. The quantitative estimate of drug-likeness (QED) is 0.909. The second-order valence-corrected chi connectivity index (χ2v) is 6.18. The van der Waals surface area contributed by atoms with Gasteiger partial charge in [0.1, 0.15) is 0 Å². The van der Waals surface area contributed by atoms with Crippen molar-refractivity contribution in [3.63, 3.8) is 0 Å². The number of ether oxygens (including phenoxy) is 1. The van der Waals surface area contributed by atoms with Crippen molar-refractivity contribution in [1.29, 1.82) is 0 Å². The van der Waals surface area contributed by atoms with Crippen molar-refractivity contribution in [2.24, 2.45) is 5.73 Å². The van der Waals surface area contributed by atoms with Crippen molar-refractivity contribution < 1.29 is 4.74 Å². The first-order chi connectivity index (χ1) is 9.51. The van der Waals surface area contributed by atoms with Gasteiger partial charge in [0.25, 0.3) is 0 Å². The summed E-state index contributed by atoms with van der Waals surface area (Å²) in [5, 5.41) is 5.34. The molecular weight excluding hydrogens is 274 g/mol. The van der Waals surface area contributed by atoms with Gasteiger partial charge >= 0.3 is 0 Å². The Morgan fingerprint density at radius 3 is 2.75 bits per heavy atom. The third-order valence-electron chi connectivity index (χ3n) is 4.39. The van der Waals surface area contributed by atoms with E-state index >= 15 is 0 Å². The lowest BCUT2D eigenvalue weighted by Gasteiger charge is -2.38. The first-order valence-corrected chi connectivity index (χ1v) is 8.03. The number of rotatable bonds is 5. The van der Waals surface area contributed by atoms with Gasteiger partial charge < -0.3 is 10.5 Å². The smallest absolute Gasteiger partial charge is 0.0850 e. The van der Waals surface area contributed by atoms with Crippen LogP contribution in [0.3, 0.4) is 0 Å². The molecule has 0 saturated carbocycles. The zero-order chi connectivity index (χ0) is 14.8. The third-order valence-corrected chi connectivity index (χ3v) is 4.83. The maximum atomic E-state index is 6.46. The van der Waals surface area contributed by atoms with Crippen LogP contribution in [0.1, 0.15) is 51.4 Å². The fraction of sp³-hybridized carbons (Fsp3) is 0.800. The van der Waals surface area contributed by atoms with E-state index in [1.807, 2.05) is 4.68 Å². The summed E-state index contributed by atoms with van der Waals surface area (Å²) >= 11 is 6.46. The second kappa shape index (κ2) is 6.46. The fourth-order valence-electron chi connectivity index (χ4n) is 2.88. The molecule has 20 heavy (non-hydrogen) atoms. The molecule has 1 aliphatic rings. The van der Waals surface area contributed by atoms with E-state index in [0.29, 0.717) is 0 Å². The number of aryl methyl sites for hydroxylation is 2. The minimum atomic E-state index is -0.239.